The Balaban J connectivity index is 2.67. The molecule has 1 aromatic rings. The van der Waals surface area contributed by atoms with Crippen molar-refractivity contribution in [2.45, 2.75) is 13.8 Å². The number of rotatable bonds is 4. The molecule has 2 N–H and O–H groups in total. The van der Waals surface area contributed by atoms with Crippen molar-refractivity contribution in [1.82, 2.24) is 4.90 Å². The van der Waals surface area contributed by atoms with Crippen LogP contribution in [0.25, 0.3) is 0 Å². The van der Waals surface area contributed by atoms with E-state index in [-0.39, 0.29) is 6.54 Å². The molecule has 0 spiro atoms. The third kappa shape index (κ3) is 4.14. The summed E-state index contributed by atoms with van der Waals surface area (Å²) in [5, 5.41) is 11.3. The summed E-state index contributed by atoms with van der Waals surface area (Å²) >= 11 is 0. The molecule has 0 saturated carbocycles. The van der Waals surface area contributed by atoms with Crippen molar-refractivity contribution in [2.75, 3.05) is 18.4 Å². The SMILES string of the molecule is CCN(CC(=O)O)C(=O)Nc1cccc(C)c1. The number of anilines is 1. The summed E-state index contributed by atoms with van der Waals surface area (Å²) in [6, 6.07) is 6.94. The van der Waals surface area contributed by atoms with Crippen LogP contribution in [-0.4, -0.2) is 35.1 Å². The van der Waals surface area contributed by atoms with E-state index in [9.17, 15) is 9.59 Å². The Morgan fingerprint density at radius 3 is 2.65 bits per heavy atom. The minimum Gasteiger partial charge on any atom is -0.480 e. The van der Waals surface area contributed by atoms with Gasteiger partial charge in [0.05, 0.1) is 0 Å². The van der Waals surface area contributed by atoms with Crippen LogP contribution < -0.4 is 5.32 Å². The van der Waals surface area contributed by atoms with E-state index in [1.807, 2.05) is 25.1 Å². The first-order chi connectivity index (χ1) is 8.02. The van der Waals surface area contributed by atoms with E-state index in [0.717, 1.165) is 5.56 Å². The number of carboxylic acid groups (broad SMARTS) is 1. The number of hydrogen-bond donors (Lipinski definition) is 2. The summed E-state index contributed by atoms with van der Waals surface area (Å²) < 4.78 is 0. The maximum absolute atomic E-state index is 11.7. The molecule has 1 rings (SSSR count). The number of urea groups is 1. The number of aryl methyl sites for hydroxylation is 1. The van der Waals surface area contributed by atoms with Gasteiger partial charge in [0.2, 0.25) is 0 Å². The van der Waals surface area contributed by atoms with Crippen LogP contribution in [0.5, 0.6) is 0 Å². The second-order valence-electron chi connectivity index (χ2n) is 3.71. The monoisotopic (exact) mass is 236 g/mol. The fraction of sp³-hybridized carbons (Fsp3) is 0.333. The minimum absolute atomic E-state index is 0.297. The summed E-state index contributed by atoms with van der Waals surface area (Å²) in [6.07, 6.45) is 0. The normalized spacial score (nSPS) is 9.76. The van der Waals surface area contributed by atoms with Crippen LogP contribution in [0.2, 0.25) is 0 Å². The van der Waals surface area contributed by atoms with Gasteiger partial charge in [0.1, 0.15) is 6.54 Å². The fourth-order valence-electron chi connectivity index (χ4n) is 1.42. The van der Waals surface area contributed by atoms with E-state index in [1.54, 1.807) is 13.0 Å². The fourth-order valence-corrected chi connectivity index (χ4v) is 1.42. The summed E-state index contributed by atoms with van der Waals surface area (Å²) in [6.45, 7) is 3.71. The maximum Gasteiger partial charge on any atom is 0.323 e. The van der Waals surface area contributed by atoms with E-state index < -0.39 is 12.0 Å². The number of aliphatic carboxylic acids is 1. The van der Waals surface area contributed by atoms with Crippen molar-refractivity contribution in [1.29, 1.82) is 0 Å². The van der Waals surface area contributed by atoms with Crippen molar-refractivity contribution in [2.24, 2.45) is 0 Å². The van der Waals surface area contributed by atoms with Crippen LogP contribution in [0.4, 0.5) is 10.5 Å². The van der Waals surface area contributed by atoms with Gasteiger partial charge in [0.25, 0.3) is 0 Å². The lowest BCUT2D eigenvalue weighted by Crippen LogP contribution is -2.38. The van der Waals surface area contributed by atoms with E-state index in [1.165, 1.54) is 4.90 Å². The minimum atomic E-state index is -1.02. The summed E-state index contributed by atoms with van der Waals surface area (Å²) in [4.78, 5) is 23.5. The number of nitrogens with one attached hydrogen (secondary N) is 1. The molecule has 0 unspecified atom stereocenters. The predicted octanol–water partition coefficient (Wildman–Crippen LogP) is 1.93. The average Bonchev–Trinajstić information content (AvgIpc) is 2.25. The first-order valence-corrected chi connectivity index (χ1v) is 5.37. The van der Waals surface area contributed by atoms with Crippen LogP contribution in [0.1, 0.15) is 12.5 Å². The van der Waals surface area contributed by atoms with Crippen LogP contribution in [-0.2, 0) is 4.79 Å². The van der Waals surface area contributed by atoms with Crippen LogP contribution in [0.15, 0.2) is 24.3 Å². The van der Waals surface area contributed by atoms with E-state index >= 15 is 0 Å². The zero-order valence-corrected chi connectivity index (χ0v) is 9.93. The van der Waals surface area contributed by atoms with Crippen LogP contribution in [0, 0.1) is 6.92 Å². The Bertz CT molecular complexity index is 418. The zero-order chi connectivity index (χ0) is 12.8. The smallest absolute Gasteiger partial charge is 0.323 e. The van der Waals surface area contributed by atoms with Gasteiger partial charge in [-0.3, -0.25) is 4.79 Å². The highest BCUT2D eigenvalue weighted by Gasteiger charge is 2.14. The molecule has 0 aliphatic rings. The molecule has 0 aliphatic heterocycles. The molecular weight excluding hydrogens is 220 g/mol. The number of likely N-dealkylation sites (N-methyl/N-ethyl adjacent to an activating group) is 1. The molecule has 0 saturated heterocycles. The van der Waals surface area contributed by atoms with Crippen molar-refractivity contribution in [3.63, 3.8) is 0 Å². The second kappa shape index (κ2) is 5.89. The highest BCUT2D eigenvalue weighted by atomic mass is 16.4. The first kappa shape index (κ1) is 13.0. The van der Waals surface area contributed by atoms with Gasteiger partial charge in [0, 0.05) is 12.2 Å². The summed E-state index contributed by atoms with van der Waals surface area (Å²) in [7, 11) is 0. The number of carbonyl (C=O) groups is 2. The standard InChI is InChI=1S/C12H16N2O3/c1-3-14(8-11(15)16)12(17)13-10-6-4-5-9(2)7-10/h4-7H,3,8H2,1-2H3,(H,13,17)(H,15,16). The number of benzene rings is 1. The lowest BCUT2D eigenvalue weighted by atomic mass is 10.2. The predicted molar refractivity (Wildman–Crippen MR) is 65.1 cm³/mol. The Labute approximate surface area is 100 Å². The number of amides is 2. The third-order valence-corrected chi connectivity index (χ3v) is 2.26. The summed E-state index contributed by atoms with van der Waals surface area (Å²) in [5.74, 6) is -1.02. The maximum atomic E-state index is 11.7. The van der Waals surface area contributed by atoms with E-state index in [0.29, 0.717) is 12.2 Å². The highest BCUT2D eigenvalue weighted by Crippen LogP contribution is 2.10. The molecule has 0 bridgehead atoms. The van der Waals surface area contributed by atoms with Gasteiger partial charge in [-0.15, -0.1) is 0 Å². The molecule has 5 nitrogen and oxygen atoms in total. The van der Waals surface area contributed by atoms with Gasteiger partial charge < -0.3 is 15.3 Å². The first-order valence-electron chi connectivity index (χ1n) is 5.37. The number of carbonyl (C=O) groups excluding carboxylic acids is 1. The van der Waals surface area contributed by atoms with E-state index in [2.05, 4.69) is 5.32 Å². The second-order valence-corrected chi connectivity index (χ2v) is 3.71. The third-order valence-electron chi connectivity index (χ3n) is 2.26. The van der Waals surface area contributed by atoms with Crippen molar-refractivity contribution >= 4 is 17.7 Å². The molecular formula is C12H16N2O3. The van der Waals surface area contributed by atoms with Gasteiger partial charge in [-0.1, -0.05) is 12.1 Å². The van der Waals surface area contributed by atoms with Gasteiger partial charge >= 0.3 is 12.0 Å². The molecule has 2 amide bonds. The Morgan fingerprint density at radius 2 is 2.12 bits per heavy atom. The Hall–Kier alpha value is -2.04. The van der Waals surface area contributed by atoms with Crippen molar-refractivity contribution < 1.29 is 14.7 Å². The average molecular weight is 236 g/mol. The van der Waals surface area contributed by atoms with Crippen LogP contribution in [0.3, 0.4) is 0 Å². The zero-order valence-electron chi connectivity index (χ0n) is 9.93. The lowest BCUT2D eigenvalue weighted by molar-refractivity contribution is -0.137. The lowest BCUT2D eigenvalue weighted by Gasteiger charge is -2.19. The van der Waals surface area contributed by atoms with Crippen LogP contribution >= 0.6 is 0 Å². The van der Waals surface area contributed by atoms with Crippen molar-refractivity contribution in [3.8, 4) is 0 Å². The molecule has 0 heterocycles. The number of hydrogen-bond acceptors (Lipinski definition) is 2. The topological polar surface area (TPSA) is 69.6 Å². The van der Waals surface area contributed by atoms with Gasteiger partial charge in [0.15, 0.2) is 0 Å². The Kier molecular flexibility index (Phi) is 4.51. The molecule has 17 heavy (non-hydrogen) atoms. The molecule has 0 radical (unpaired) electrons. The molecule has 0 aliphatic carbocycles. The van der Waals surface area contributed by atoms with Gasteiger partial charge in [-0.05, 0) is 31.5 Å². The number of carboxylic acids is 1. The van der Waals surface area contributed by atoms with Gasteiger partial charge in [-0.2, -0.15) is 0 Å². The summed E-state index contributed by atoms with van der Waals surface area (Å²) in [5.41, 5.74) is 1.70. The molecule has 1 aromatic carbocycles. The molecule has 0 atom stereocenters. The van der Waals surface area contributed by atoms with Gasteiger partial charge in [-0.25, -0.2) is 4.79 Å². The molecule has 0 fully saturated rings. The molecule has 5 heteroatoms. The number of nitrogens with zero attached hydrogens (tertiary/aromatic N) is 1. The quantitative estimate of drug-likeness (QED) is 0.839. The molecule has 0 aromatic heterocycles. The highest BCUT2D eigenvalue weighted by molar-refractivity contribution is 5.91. The van der Waals surface area contributed by atoms with Crippen molar-refractivity contribution in [3.05, 3.63) is 29.8 Å². The molecule has 92 valence electrons. The Morgan fingerprint density at radius 1 is 1.41 bits per heavy atom. The largest absolute Gasteiger partial charge is 0.480 e. The van der Waals surface area contributed by atoms with E-state index in [4.69, 9.17) is 5.11 Å².